The molecule has 14 heavy (non-hydrogen) atoms. The molecule has 1 aromatic carbocycles. The molecule has 72 valence electrons. The molecule has 0 fully saturated rings. The van der Waals surface area contributed by atoms with E-state index >= 15 is 0 Å². The normalized spacial score (nSPS) is 11.1. The molecule has 0 aliphatic rings. The number of hydrogen-bond donors (Lipinski definition) is 1. The zero-order valence-corrected chi connectivity index (χ0v) is 7.25. The summed E-state index contributed by atoms with van der Waals surface area (Å²) >= 11 is 0. The molecule has 1 rings (SSSR count). The van der Waals surface area contributed by atoms with Gasteiger partial charge in [-0.15, -0.1) is 4.91 Å². The minimum atomic E-state index is -0.499. The van der Waals surface area contributed by atoms with Crippen molar-refractivity contribution in [2.24, 2.45) is 10.2 Å². The second kappa shape index (κ2) is 4.98. The Bertz CT molecular complexity index is 374. The summed E-state index contributed by atoms with van der Waals surface area (Å²) in [5.41, 5.74) is 0.473. The van der Waals surface area contributed by atoms with Crippen LogP contribution >= 0.6 is 0 Å². The number of aldehydes is 1. The van der Waals surface area contributed by atoms with E-state index < -0.39 is 6.73 Å². The molecule has 0 aliphatic carbocycles. The van der Waals surface area contributed by atoms with E-state index in [-0.39, 0.29) is 11.4 Å². The lowest BCUT2D eigenvalue weighted by Gasteiger charge is -2.00. The maximum atomic E-state index is 10.6. The van der Waals surface area contributed by atoms with Crippen molar-refractivity contribution in [3.63, 3.8) is 0 Å². The summed E-state index contributed by atoms with van der Waals surface area (Å²) in [6, 6.07) is 6.29. The molecule has 0 radical (unpaired) electrons. The number of aliphatic hydroxyl groups excluding tert-OH is 1. The third-order valence-electron chi connectivity index (χ3n) is 1.63. The molecule has 0 unspecified atom stereocenters. The molecule has 0 saturated heterocycles. The minimum Gasteiger partial charge on any atom is -0.375 e. The van der Waals surface area contributed by atoms with Crippen LogP contribution in [-0.4, -0.2) is 23.8 Å². The van der Waals surface area contributed by atoms with E-state index in [9.17, 15) is 9.70 Å². The van der Waals surface area contributed by atoms with Crippen LogP contribution in [0.4, 0.5) is 5.69 Å². The van der Waals surface area contributed by atoms with Gasteiger partial charge in [0.1, 0.15) is 18.1 Å². The molecule has 0 atom stereocenters. The van der Waals surface area contributed by atoms with E-state index in [1.807, 2.05) is 0 Å². The molecular formula is C9H8N2O3. The van der Waals surface area contributed by atoms with Crippen molar-refractivity contribution in [1.29, 1.82) is 0 Å². The maximum absolute atomic E-state index is 10.6. The maximum Gasteiger partial charge on any atom is 0.168 e. The highest BCUT2D eigenvalue weighted by Crippen LogP contribution is 2.18. The van der Waals surface area contributed by atoms with Gasteiger partial charge < -0.3 is 5.11 Å². The van der Waals surface area contributed by atoms with Crippen LogP contribution in [0.5, 0.6) is 0 Å². The Morgan fingerprint density at radius 3 is 2.71 bits per heavy atom. The number of aliphatic imine (C=N–C) groups is 1. The molecule has 0 aliphatic heterocycles. The van der Waals surface area contributed by atoms with Gasteiger partial charge in [0.15, 0.2) is 6.29 Å². The van der Waals surface area contributed by atoms with Crippen molar-refractivity contribution in [2.75, 3.05) is 6.73 Å². The van der Waals surface area contributed by atoms with Crippen molar-refractivity contribution in [1.82, 2.24) is 0 Å². The van der Waals surface area contributed by atoms with Crippen LogP contribution in [0.2, 0.25) is 0 Å². The molecule has 5 heteroatoms. The topological polar surface area (TPSA) is 79.1 Å². The zero-order chi connectivity index (χ0) is 10.4. The lowest BCUT2D eigenvalue weighted by Crippen LogP contribution is -2.03. The van der Waals surface area contributed by atoms with Crippen molar-refractivity contribution in [3.8, 4) is 0 Å². The lowest BCUT2D eigenvalue weighted by atomic mass is 10.1. The monoisotopic (exact) mass is 192 g/mol. The van der Waals surface area contributed by atoms with Gasteiger partial charge in [-0.3, -0.25) is 9.79 Å². The van der Waals surface area contributed by atoms with Crippen LogP contribution in [-0.2, 0) is 4.79 Å². The second-order valence-electron chi connectivity index (χ2n) is 2.41. The molecule has 5 nitrogen and oxygen atoms in total. The Labute approximate surface area is 80.1 Å². The number of rotatable bonds is 4. The molecule has 0 heterocycles. The number of benzene rings is 1. The number of nitrogens with zero attached hydrogens (tertiary/aromatic N) is 2. The molecule has 1 N–H and O–H groups in total. The molecule has 0 spiro atoms. The van der Waals surface area contributed by atoms with E-state index in [0.717, 1.165) is 0 Å². The van der Waals surface area contributed by atoms with Crippen LogP contribution in [0.3, 0.4) is 0 Å². The van der Waals surface area contributed by atoms with Crippen LogP contribution in [0, 0.1) is 4.91 Å². The number of hydrogen-bond acceptors (Lipinski definition) is 5. The first-order chi connectivity index (χ1) is 6.83. The average Bonchev–Trinajstić information content (AvgIpc) is 2.26. The van der Waals surface area contributed by atoms with E-state index in [1.54, 1.807) is 18.2 Å². The van der Waals surface area contributed by atoms with Gasteiger partial charge in [-0.1, -0.05) is 18.2 Å². The molecule has 0 amide bonds. The van der Waals surface area contributed by atoms with Gasteiger partial charge in [0.2, 0.25) is 0 Å². The van der Waals surface area contributed by atoms with Crippen LogP contribution in [0.1, 0.15) is 5.56 Å². The van der Waals surface area contributed by atoms with Gasteiger partial charge in [0.25, 0.3) is 0 Å². The predicted molar refractivity (Wildman–Crippen MR) is 51.6 cm³/mol. The van der Waals surface area contributed by atoms with Gasteiger partial charge in [-0.2, -0.15) is 0 Å². The second-order valence-corrected chi connectivity index (χ2v) is 2.41. The van der Waals surface area contributed by atoms with Gasteiger partial charge in [0, 0.05) is 5.56 Å². The van der Waals surface area contributed by atoms with E-state index in [0.29, 0.717) is 11.8 Å². The SMILES string of the molecule is O=CC(=NCO)c1ccccc1N=O. The van der Waals surface area contributed by atoms with Crippen molar-refractivity contribution in [2.45, 2.75) is 0 Å². The van der Waals surface area contributed by atoms with Gasteiger partial charge >= 0.3 is 0 Å². The van der Waals surface area contributed by atoms with Crippen molar-refractivity contribution < 1.29 is 9.90 Å². The fraction of sp³-hybridized carbons (Fsp3) is 0.111. The van der Waals surface area contributed by atoms with E-state index in [4.69, 9.17) is 5.11 Å². The van der Waals surface area contributed by atoms with Gasteiger partial charge in [-0.25, -0.2) is 0 Å². The Morgan fingerprint density at radius 2 is 2.14 bits per heavy atom. The third-order valence-corrected chi connectivity index (χ3v) is 1.63. The van der Waals surface area contributed by atoms with Crippen molar-refractivity contribution in [3.05, 3.63) is 34.7 Å². The first kappa shape index (κ1) is 10.2. The summed E-state index contributed by atoms with van der Waals surface area (Å²) < 4.78 is 0. The quantitative estimate of drug-likeness (QED) is 0.439. The summed E-state index contributed by atoms with van der Waals surface area (Å²) in [5.74, 6) is 0. The summed E-state index contributed by atoms with van der Waals surface area (Å²) in [6.45, 7) is -0.499. The predicted octanol–water partition coefficient (Wildman–Crippen LogP) is 1.02. The van der Waals surface area contributed by atoms with Crippen molar-refractivity contribution >= 4 is 17.7 Å². The largest absolute Gasteiger partial charge is 0.375 e. The fourth-order valence-corrected chi connectivity index (χ4v) is 1.03. The molecule has 0 saturated carbocycles. The summed E-state index contributed by atoms with van der Waals surface area (Å²) in [6.07, 6.45) is 0.472. The highest BCUT2D eigenvalue weighted by atomic mass is 16.3. The standard InChI is InChI=1S/C9H8N2O3/c12-5-9(10-6-13)7-3-1-2-4-8(7)11-14/h1-5,13H,6H2. The highest BCUT2D eigenvalue weighted by molar-refractivity contribution is 6.37. The summed E-state index contributed by atoms with van der Waals surface area (Å²) in [4.78, 5) is 24.5. The first-order valence-corrected chi connectivity index (χ1v) is 3.86. The van der Waals surface area contributed by atoms with E-state index in [2.05, 4.69) is 10.2 Å². The number of carbonyl (C=O) groups is 1. The van der Waals surface area contributed by atoms with Crippen LogP contribution in [0.25, 0.3) is 0 Å². The molecular weight excluding hydrogens is 184 g/mol. The highest BCUT2D eigenvalue weighted by Gasteiger charge is 2.07. The Morgan fingerprint density at radius 1 is 1.43 bits per heavy atom. The van der Waals surface area contributed by atoms with Crippen LogP contribution < -0.4 is 0 Å². The Hall–Kier alpha value is -1.88. The third kappa shape index (κ3) is 2.08. The van der Waals surface area contributed by atoms with Gasteiger partial charge in [0.05, 0.1) is 0 Å². The lowest BCUT2D eigenvalue weighted by molar-refractivity contribution is -0.102. The fourth-order valence-electron chi connectivity index (χ4n) is 1.03. The Kier molecular flexibility index (Phi) is 3.63. The van der Waals surface area contributed by atoms with Crippen LogP contribution in [0.15, 0.2) is 34.4 Å². The molecule has 0 bridgehead atoms. The smallest absolute Gasteiger partial charge is 0.168 e. The Balaban J connectivity index is 3.22. The number of nitroso groups, excluding NO2 is 1. The first-order valence-electron chi connectivity index (χ1n) is 3.86. The van der Waals surface area contributed by atoms with E-state index in [1.165, 1.54) is 6.07 Å². The molecule has 0 aromatic heterocycles. The summed E-state index contributed by atoms with van der Waals surface area (Å²) in [5, 5.41) is 11.3. The average molecular weight is 192 g/mol. The minimum absolute atomic E-state index is 0.0164. The number of aliphatic hydroxyl groups is 1. The van der Waals surface area contributed by atoms with Gasteiger partial charge in [-0.05, 0) is 11.2 Å². The molecule has 1 aromatic rings. The zero-order valence-electron chi connectivity index (χ0n) is 7.25. The number of carbonyl (C=O) groups excluding carboxylic acids is 1. The summed E-state index contributed by atoms with van der Waals surface area (Å²) in [7, 11) is 0.